The highest BCUT2D eigenvalue weighted by molar-refractivity contribution is 7.21. The Morgan fingerprint density at radius 3 is 2.57 bits per heavy atom. The maximum atomic E-state index is 13.8. The minimum absolute atomic E-state index is 0.0152. The number of benzene rings is 1. The molecule has 10 nitrogen and oxygen atoms in total. The lowest BCUT2D eigenvalue weighted by Gasteiger charge is -2.12. The van der Waals surface area contributed by atoms with Crippen molar-refractivity contribution in [2.24, 2.45) is 5.73 Å². The van der Waals surface area contributed by atoms with E-state index in [1.807, 2.05) is 13.8 Å². The first-order valence-corrected chi connectivity index (χ1v) is 13.7. The second kappa shape index (κ2) is 11.1. The Bertz CT molecular complexity index is 1840. The van der Waals surface area contributed by atoms with Crippen LogP contribution in [0.3, 0.4) is 0 Å². The van der Waals surface area contributed by atoms with Gasteiger partial charge in [-0.05, 0) is 62.2 Å². The molecule has 0 aliphatic heterocycles. The summed E-state index contributed by atoms with van der Waals surface area (Å²) in [5, 5.41) is 11.8. The van der Waals surface area contributed by atoms with Gasteiger partial charge < -0.3 is 15.8 Å². The van der Waals surface area contributed by atoms with Crippen molar-refractivity contribution < 1.29 is 27.5 Å². The Labute approximate surface area is 245 Å². The van der Waals surface area contributed by atoms with E-state index in [0.717, 1.165) is 11.6 Å². The number of fused-ring (bicyclic) bond motifs is 1. The number of alkyl halides is 3. The van der Waals surface area contributed by atoms with E-state index in [1.165, 1.54) is 23.1 Å². The first kappa shape index (κ1) is 29.1. The maximum Gasteiger partial charge on any atom is 0.433 e. The molecule has 5 rings (SSSR count). The van der Waals surface area contributed by atoms with Gasteiger partial charge in [0.1, 0.15) is 21.2 Å². The fraction of sp³-hybridized carbons (Fsp3) is 0.222. The number of carbonyl (C=O) groups is 2. The van der Waals surface area contributed by atoms with E-state index in [9.17, 15) is 22.8 Å². The Balaban J connectivity index is 1.53. The van der Waals surface area contributed by atoms with Crippen molar-refractivity contribution >= 4 is 50.7 Å². The van der Waals surface area contributed by atoms with Gasteiger partial charge in [0, 0.05) is 34.4 Å². The SMILES string of the molecule is CCn1ncc(-c2cc(C(F)(F)F)nc3sc(C(N)=O)c(NC(=O)c4ccn(COc5ccc(Cl)cc5C)n4)c23)c1C. The van der Waals surface area contributed by atoms with E-state index in [0.29, 0.717) is 39.9 Å². The normalized spacial score (nSPS) is 11.7. The molecule has 0 saturated carbocycles. The van der Waals surface area contributed by atoms with Crippen LogP contribution in [0.25, 0.3) is 21.3 Å². The lowest BCUT2D eigenvalue weighted by Crippen LogP contribution is -2.18. The number of halogens is 4. The van der Waals surface area contributed by atoms with Crippen LogP contribution in [0.15, 0.2) is 42.7 Å². The van der Waals surface area contributed by atoms with Gasteiger partial charge in [0.25, 0.3) is 11.8 Å². The Morgan fingerprint density at radius 1 is 1.17 bits per heavy atom. The summed E-state index contributed by atoms with van der Waals surface area (Å²) >= 11 is 6.64. The smallest absolute Gasteiger partial charge is 0.433 e. The topological polar surface area (TPSA) is 130 Å². The number of primary amides is 1. The van der Waals surface area contributed by atoms with E-state index in [2.05, 4.69) is 20.5 Å². The second-order valence-corrected chi connectivity index (χ2v) is 10.7. The number of thiophene rings is 1. The number of nitrogens with one attached hydrogen (secondary N) is 1. The first-order valence-electron chi connectivity index (χ1n) is 12.5. The van der Waals surface area contributed by atoms with Crippen LogP contribution in [0.4, 0.5) is 18.9 Å². The number of nitrogens with two attached hydrogens (primary N) is 1. The van der Waals surface area contributed by atoms with Crippen molar-refractivity contribution in [1.82, 2.24) is 24.5 Å². The highest BCUT2D eigenvalue weighted by Crippen LogP contribution is 2.44. The van der Waals surface area contributed by atoms with Crippen LogP contribution in [0.1, 0.15) is 44.0 Å². The zero-order chi connectivity index (χ0) is 30.3. The fourth-order valence-electron chi connectivity index (χ4n) is 4.42. The number of anilines is 1. The largest absolute Gasteiger partial charge is 0.471 e. The molecular weight excluding hydrogens is 595 g/mol. The predicted molar refractivity (Wildman–Crippen MR) is 152 cm³/mol. The quantitative estimate of drug-likeness (QED) is 0.218. The first-order chi connectivity index (χ1) is 19.9. The summed E-state index contributed by atoms with van der Waals surface area (Å²) in [5.41, 5.74) is 6.24. The molecule has 0 aliphatic carbocycles. The molecule has 0 radical (unpaired) electrons. The summed E-state index contributed by atoms with van der Waals surface area (Å²) in [6.45, 7) is 5.86. The molecule has 0 atom stereocenters. The number of pyridine rings is 1. The lowest BCUT2D eigenvalue weighted by atomic mass is 10.0. The predicted octanol–water partition coefficient (Wildman–Crippen LogP) is 6.05. The average molecular weight is 618 g/mol. The third-order valence-corrected chi connectivity index (χ3v) is 7.80. The zero-order valence-electron chi connectivity index (χ0n) is 22.4. The summed E-state index contributed by atoms with van der Waals surface area (Å²) in [5.74, 6) is -1.08. The molecule has 15 heteroatoms. The molecule has 0 spiro atoms. The molecule has 2 amide bonds. The van der Waals surface area contributed by atoms with Crippen LogP contribution >= 0.6 is 22.9 Å². The van der Waals surface area contributed by atoms with Crippen molar-refractivity contribution in [3.63, 3.8) is 0 Å². The molecule has 4 aromatic heterocycles. The summed E-state index contributed by atoms with van der Waals surface area (Å²) in [4.78, 5) is 29.2. The number of aryl methyl sites for hydroxylation is 2. The van der Waals surface area contributed by atoms with Crippen molar-refractivity contribution in [2.45, 2.75) is 40.2 Å². The van der Waals surface area contributed by atoms with Gasteiger partial charge in [-0.25, -0.2) is 9.67 Å². The van der Waals surface area contributed by atoms with Gasteiger partial charge in [-0.1, -0.05) is 11.6 Å². The van der Waals surface area contributed by atoms with E-state index in [4.69, 9.17) is 22.1 Å². The number of nitrogens with zero attached hydrogens (tertiary/aromatic N) is 5. The van der Waals surface area contributed by atoms with Gasteiger partial charge in [0.15, 0.2) is 12.4 Å². The number of amides is 2. The highest BCUT2D eigenvalue weighted by atomic mass is 35.5. The van der Waals surface area contributed by atoms with E-state index in [1.54, 1.807) is 29.8 Å². The lowest BCUT2D eigenvalue weighted by molar-refractivity contribution is -0.140. The summed E-state index contributed by atoms with van der Waals surface area (Å²) in [6.07, 6.45) is -1.81. The number of carbonyl (C=O) groups excluding carboxylic acids is 2. The molecule has 4 heterocycles. The third-order valence-electron chi connectivity index (χ3n) is 6.47. The van der Waals surface area contributed by atoms with E-state index < -0.39 is 23.7 Å². The van der Waals surface area contributed by atoms with Crippen LogP contribution in [-0.2, 0) is 19.5 Å². The minimum atomic E-state index is -4.77. The highest BCUT2D eigenvalue weighted by Gasteiger charge is 2.35. The third kappa shape index (κ3) is 5.54. The van der Waals surface area contributed by atoms with Crippen molar-refractivity contribution in [2.75, 3.05) is 5.32 Å². The molecular formula is C27H23ClF3N7O3S. The standard InChI is InChI=1S/C27H23ClF3N7O3S/c1-4-38-14(3)17(11-33-38)16-10-20(27(29,30)31)34-26-21(16)22(23(42-26)24(32)39)35-25(40)18-7-8-37(36-18)12-41-19-6-5-15(28)9-13(19)2/h5-11H,4,12H2,1-3H3,(H2,32,39)(H,35,40). The Kier molecular flexibility index (Phi) is 7.68. The van der Waals surface area contributed by atoms with Gasteiger partial charge in [-0.15, -0.1) is 11.3 Å². The molecule has 0 bridgehead atoms. The van der Waals surface area contributed by atoms with E-state index in [-0.39, 0.29) is 38.8 Å². The van der Waals surface area contributed by atoms with E-state index >= 15 is 0 Å². The number of hydrogen-bond donors (Lipinski definition) is 2. The molecule has 1 aromatic carbocycles. The minimum Gasteiger partial charge on any atom is -0.471 e. The monoisotopic (exact) mass is 617 g/mol. The molecule has 3 N–H and O–H groups in total. The number of ether oxygens (including phenoxy) is 1. The molecule has 218 valence electrons. The molecule has 0 unspecified atom stereocenters. The Hall–Kier alpha value is -4.43. The number of rotatable bonds is 8. The van der Waals surface area contributed by atoms with Gasteiger partial charge in [0.05, 0.1) is 11.9 Å². The van der Waals surface area contributed by atoms with Gasteiger partial charge in [-0.2, -0.15) is 23.4 Å². The molecule has 0 fully saturated rings. The molecule has 42 heavy (non-hydrogen) atoms. The van der Waals surface area contributed by atoms with Gasteiger partial charge in [-0.3, -0.25) is 14.3 Å². The number of hydrogen-bond acceptors (Lipinski definition) is 7. The van der Waals surface area contributed by atoms with Gasteiger partial charge in [0.2, 0.25) is 0 Å². The zero-order valence-corrected chi connectivity index (χ0v) is 24.0. The average Bonchev–Trinajstić information content (AvgIpc) is 3.64. The van der Waals surface area contributed by atoms with Crippen LogP contribution < -0.4 is 15.8 Å². The molecule has 0 saturated heterocycles. The van der Waals surface area contributed by atoms with Crippen LogP contribution in [-0.4, -0.2) is 36.4 Å². The summed E-state index contributed by atoms with van der Waals surface area (Å²) < 4.78 is 50.2. The van der Waals surface area contributed by atoms with Crippen LogP contribution in [0.5, 0.6) is 5.75 Å². The van der Waals surface area contributed by atoms with Crippen LogP contribution in [0, 0.1) is 13.8 Å². The second-order valence-electron chi connectivity index (χ2n) is 9.24. The molecule has 0 aliphatic rings. The van der Waals surface area contributed by atoms with Gasteiger partial charge >= 0.3 is 6.18 Å². The Morgan fingerprint density at radius 2 is 1.93 bits per heavy atom. The summed E-state index contributed by atoms with van der Waals surface area (Å²) in [6, 6.07) is 7.45. The maximum absolute atomic E-state index is 13.8. The fourth-order valence-corrected chi connectivity index (χ4v) is 5.66. The van der Waals surface area contributed by atoms with Crippen molar-refractivity contribution in [3.8, 4) is 16.9 Å². The number of aromatic nitrogens is 5. The van der Waals surface area contributed by atoms with Crippen molar-refractivity contribution in [3.05, 3.63) is 75.3 Å². The van der Waals surface area contributed by atoms with Crippen LogP contribution in [0.2, 0.25) is 5.02 Å². The molecule has 5 aromatic rings. The van der Waals surface area contributed by atoms with Crippen molar-refractivity contribution in [1.29, 1.82) is 0 Å². The summed E-state index contributed by atoms with van der Waals surface area (Å²) in [7, 11) is 0.